The van der Waals surface area contributed by atoms with Gasteiger partial charge in [0.25, 0.3) is 0 Å². The van der Waals surface area contributed by atoms with E-state index in [-0.39, 0.29) is 18.5 Å². The summed E-state index contributed by atoms with van der Waals surface area (Å²) >= 11 is 1.54. The van der Waals surface area contributed by atoms with Gasteiger partial charge in [0, 0.05) is 11.4 Å². The molecule has 0 aromatic carbocycles. The van der Waals surface area contributed by atoms with Crippen molar-refractivity contribution in [2.75, 3.05) is 20.3 Å². The molecule has 3 atom stereocenters. The lowest BCUT2D eigenvalue weighted by atomic mass is 9.75. The lowest BCUT2D eigenvalue weighted by Crippen LogP contribution is -2.52. The van der Waals surface area contributed by atoms with E-state index in [1.54, 1.807) is 6.92 Å². The highest BCUT2D eigenvalue weighted by atomic mass is 32.1. The van der Waals surface area contributed by atoms with Gasteiger partial charge in [-0.1, -0.05) is 11.6 Å². The first-order chi connectivity index (χ1) is 12.6. The minimum atomic E-state index is -0.610. The number of hydrogen-bond donors (Lipinski definition) is 0. The molecule has 6 nitrogen and oxygen atoms in total. The number of nitriles is 1. The second-order valence-electron chi connectivity index (χ2n) is 6.56. The van der Waals surface area contributed by atoms with Crippen LogP contribution in [0.1, 0.15) is 41.9 Å². The molecule has 3 rings (SSSR count). The second kappa shape index (κ2) is 7.92. The zero-order valence-electron chi connectivity index (χ0n) is 14.9. The Hall–Kier alpha value is -2.33. The first-order valence-corrected chi connectivity index (χ1v) is 9.59. The highest BCUT2D eigenvalue weighted by Gasteiger charge is 2.42. The maximum absolute atomic E-state index is 12.4. The van der Waals surface area contributed by atoms with E-state index in [0.717, 1.165) is 17.7 Å². The summed E-state index contributed by atoms with van der Waals surface area (Å²) in [7, 11) is 1.32. The molecule has 1 aliphatic carbocycles. The number of methoxy groups -OCH3 is 1. The van der Waals surface area contributed by atoms with Crippen molar-refractivity contribution in [2.24, 2.45) is 5.92 Å². The van der Waals surface area contributed by atoms with Crippen molar-refractivity contribution in [1.29, 1.82) is 5.26 Å². The van der Waals surface area contributed by atoms with Gasteiger partial charge in [0.15, 0.2) is 0 Å². The number of fused-ring (bicyclic) bond motifs is 1. The van der Waals surface area contributed by atoms with E-state index >= 15 is 0 Å². The van der Waals surface area contributed by atoms with Crippen molar-refractivity contribution in [3.8, 4) is 6.07 Å². The Morgan fingerprint density at radius 1 is 1.35 bits per heavy atom. The number of piperidine rings is 1. The van der Waals surface area contributed by atoms with Crippen LogP contribution < -0.4 is 0 Å². The largest absolute Gasteiger partial charge is 0.464 e. The Balaban J connectivity index is 1.80. The molecule has 1 aromatic rings. The molecule has 1 aliphatic heterocycles. The highest BCUT2D eigenvalue weighted by molar-refractivity contribution is 7.12. The van der Waals surface area contributed by atoms with Crippen molar-refractivity contribution >= 4 is 23.4 Å². The number of thiophene rings is 1. The summed E-state index contributed by atoms with van der Waals surface area (Å²) in [6, 6.07) is 5.47. The first kappa shape index (κ1) is 18.5. The minimum Gasteiger partial charge on any atom is -0.464 e. The quantitative estimate of drug-likeness (QED) is 0.598. The predicted molar refractivity (Wildman–Crippen MR) is 96.7 cm³/mol. The number of hydrogen-bond acceptors (Lipinski definition) is 6. The fourth-order valence-corrected chi connectivity index (χ4v) is 4.76. The van der Waals surface area contributed by atoms with Gasteiger partial charge >= 0.3 is 12.1 Å². The summed E-state index contributed by atoms with van der Waals surface area (Å²) in [6.45, 7) is 2.45. The monoisotopic (exact) mass is 374 g/mol. The van der Waals surface area contributed by atoms with E-state index in [0.29, 0.717) is 18.9 Å². The zero-order valence-corrected chi connectivity index (χ0v) is 15.8. The van der Waals surface area contributed by atoms with Crippen molar-refractivity contribution in [3.05, 3.63) is 33.5 Å². The Labute approximate surface area is 157 Å². The van der Waals surface area contributed by atoms with E-state index in [9.17, 15) is 9.59 Å². The van der Waals surface area contributed by atoms with Gasteiger partial charge in [-0.25, -0.2) is 9.59 Å². The standard InChI is InChI=1S/C19H22N2O4S/c1-3-25-18(22)16-9-14-8-12(17-7-6-15(10-20)26-17)4-5-13(14)11-21(16)19(23)24-2/h5-7,12,14,16H,3-4,8-9,11H2,1-2H3. The van der Waals surface area contributed by atoms with Crippen LogP contribution in [0.25, 0.3) is 0 Å². The fourth-order valence-electron chi connectivity index (χ4n) is 3.83. The summed E-state index contributed by atoms with van der Waals surface area (Å²) in [6.07, 6.45) is 4.04. The van der Waals surface area contributed by atoms with Crippen LogP contribution in [0, 0.1) is 17.2 Å². The molecule has 2 aliphatic rings. The molecule has 0 bridgehead atoms. The van der Waals surface area contributed by atoms with Crippen molar-refractivity contribution in [2.45, 2.75) is 38.1 Å². The highest BCUT2D eigenvalue weighted by Crippen LogP contribution is 2.43. The molecule has 0 saturated carbocycles. The van der Waals surface area contributed by atoms with Crippen LogP contribution in [0.15, 0.2) is 23.8 Å². The summed E-state index contributed by atoms with van der Waals surface area (Å²) < 4.78 is 10.0. The maximum atomic E-state index is 12.4. The number of likely N-dealkylation sites (tertiary alicyclic amines) is 1. The van der Waals surface area contributed by atoms with E-state index in [1.807, 2.05) is 12.1 Å². The number of rotatable bonds is 3. The molecular formula is C19H22N2O4S. The number of carbonyl (C=O) groups excluding carboxylic acids is 2. The minimum absolute atomic E-state index is 0.233. The van der Waals surface area contributed by atoms with Crippen LogP contribution in [0.4, 0.5) is 4.79 Å². The molecule has 2 heterocycles. The molecule has 1 aromatic heterocycles. The van der Waals surface area contributed by atoms with Crippen LogP contribution in [0.3, 0.4) is 0 Å². The van der Waals surface area contributed by atoms with Gasteiger partial charge in [-0.15, -0.1) is 11.3 Å². The lowest BCUT2D eigenvalue weighted by Gasteiger charge is -2.41. The first-order valence-electron chi connectivity index (χ1n) is 8.77. The summed E-state index contributed by atoms with van der Waals surface area (Å²) in [5, 5.41) is 9.04. The van der Waals surface area contributed by atoms with Gasteiger partial charge in [-0.3, -0.25) is 4.90 Å². The summed E-state index contributed by atoms with van der Waals surface area (Å²) in [4.78, 5) is 27.9. The topological polar surface area (TPSA) is 79.6 Å². The second-order valence-corrected chi connectivity index (χ2v) is 7.67. The van der Waals surface area contributed by atoms with Crippen molar-refractivity contribution < 1.29 is 19.1 Å². The number of allylic oxidation sites excluding steroid dienone is 1. The van der Waals surface area contributed by atoms with Crippen LogP contribution in [-0.4, -0.2) is 43.3 Å². The molecule has 0 spiro atoms. The normalized spacial score (nSPS) is 24.9. The number of amides is 1. The van der Waals surface area contributed by atoms with Gasteiger partial charge in [0.05, 0.1) is 13.7 Å². The molecule has 3 unspecified atom stereocenters. The smallest absolute Gasteiger partial charge is 0.410 e. The number of ether oxygens (including phenoxy) is 2. The number of carbonyl (C=O) groups is 2. The summed E-state index contributed by atoms with van der Waals surface area (Å²) in [5.74, 6) is 0.210. The van der Waals surface area contributed by atoms with Crippen LogP contribution in [0.5, 0.6) is 0 Å². The third-order valence-electron chi connectivity index (χ3n) is 5.10. The van der Waals surface area contributed by atoms with E-state index in [2.05, 4.69) is 12.1 Å². The lowest BCUT2D eigenvalue weighted by molar-refractivity contribution is -0.150. The van der Waals surface area contributed by atoms with Gasteiger partial charge < -0.3 is 9.47 Å². The average molecular weight is 374 g/mol. The molecular weight excluding hydrogens is 352 g/mol. The van der Waals surface area contributed by atoms with Gasteiger partial charge in [-0.05, 0) is 50.2 Å². The van der Waals surface area contributed by atoms with E-state index in [1.165, 1.54) is 33.8 Å². The van der Waals surface area contributed by atoms with Crippen LogP contribution >= 0.6 is 11.3 Å². The molecule has 138 valence electrons. The Morgan fingerprint density at radius 3 is 2.81 bits per heavy atom. The van der Waals surface area contributed by atoms with Gasteiger partial charge in [0.1, 0.15) is 17.0 Å². The van der Waals surface area contributed by atoms with Gasteiger partial charge in [0.2, 0.25) is 0 Å². The SMILES string of the molecule is CCOC(=O)C1CC2CC(c3ccc(C#N)s3)CC=C2CN1C(=O)OC. The molecule has 1 saturated heterocycles. The Kier molecular flexibility index (Phi) is 5.62. The molecule has 26 heavy (non-hydrogen) atoms. The van der Waals surface area contributed by atoms with Crippen molar-refractivity contribution in [3.63, 3.8) is 0 Å². The van der Waals surface area contributed by atoms with Crippen LogP contribution in [0.2, 0.25) is 0 Å². The van der Waals surface area contributed by atoms with E-state index < -0.39 is 12.1 Å². The Morgan fingerprint density at radius 2 is 2.15 bits per heavy atom. The molecule has 7 heteroatoms. The van der Waals surface area contributed by atoms with Crippen molar-refractivity contribution in [1.82, 2.24) is 4.90 Å². The number of esters is 1. The predicted octanol–water partition coefficient (Wildman–Crippen LogP) is 3.44. The molecule has 1 fully saturated rings. The third-order valence-corrected chi connectivity index (χ3v) is 6.25. The van der Waals surface area contributed by atoms with Gasteiger partial charge in [-0.2, -0.15) is 5.26 Å². The zero-order chi connectivity index (χ0) is 18.7. The third kappa shape index (κ3) is 3.61. The summed E-state index contributed by atoms with van der Waals surface area (Å²) in [5.41, 5.74) is 1.18. The van der Waals surface area contributed by atoms with Crippen LogP contribution in [-0.2, 0) is 14.3 Å². The molecule has 0 radical (unpaired) electrons. The van der Waals surface area contributed by atoms with E-state index in [4.69, 9.17) is 14.7 Å². The maximum Gasteiger partial charge on any atom is 0.410 e. The average Bonchev–Trinajstić information content (AvgIpc) is 3.15. The fraction of sp³-hybridized carbons (Fsp3) is 0.526. The number of nitrogens with zero attached hydrogens (tertiary/aromatic N) is 2. The Bertz CT molecular complexity index is 764. The molecule has 1 amide bonds. The molecule has 0 N–H and O–H groups in total.